The van der Waals surface area contributed by atoms with Crippen LogP contribution < -0.4 is 5.32 Å². The van der Waals surface area contributed by atoms with E-state index < -0.39 is 5.54 Å². The molecule has 1 N–H and O–H groups in total. The van der Waals surface area contributed by atoms with Crippen LogP contribution in [0.15, 0.2) is 29.3 Å². The summed E-state index contributed by atoms with van der Waals surface area (Å²) in [5.74, 6) is -0.0878. The minimum absolute atomic E-state index is 0.0878. The van der Waals surface area contributed by atoms with E-state index in [2.05, 4.69) is 19.2 Å². The normalized spacial score (nSPS) is 18.7. The summed E-state index contributed by atoms with van der Waals surface area (Å²) in [6.07, 6.45) is 0. The lowest BCUT2D eigenvalue weighted by atomic mass is 9.95. The van der Waals surface area contributed by atoms with E-state index in [1.54, 1.807) is 11.3 Å². The van der Waals surface area contributed by atoms with Gasteiger partial charge in [-0.05, 0) is 31.5 Å². The maximum Gasteiger partial charge on any atom is 0.257 e. The van der Waals surface area contributed by atoms with Gasteiger partial charge in [0.15, 0.2) is 5.54 Å². The predicted molar refractivity (Wildman–Crippen MR) is 93.1 cm³/mol. The quantitative estimate of drug-likeness (QED) is 0.858. The number of carbonyl (C=O) groups excluding carboxylic acids is 1. The molecule has 1 fully saturated rings. The van der Waals surface area contributed by atoms with Gasteiger partial charge in [0.25, 0.3) is 5.91 Å². The van der Waals surface area contributed by atoms with E-state index in [9.17, 15) is 4.79 Å². The second-order valence-corrected chi connectivity index (χ2v) is 7.59. The van der Waals surface area contributed by atoms with Crippen molar-refractivity contribution in [2.45, 2.75) is 19.4 Å². The molecule has 4 rings (SSSR count). The molecule has 23 heavy (non-hydrogen) atoms. The van der Waals surface area contributed by atoms with Gasteiger partial charge in [-0.2, -0.15) is 0 Å². The standard InChI is InChI=1S/C17H15ClN2O2S/c1-9-10(2)23-15-13(9)14(11-3-5-12(18)6-4-11)20-17(7-22-8-17)16(21)19-15/h3-6H,7-8H2,1-2H3,(H,19,21). The molecule has 1 aromatic heterocycles. The van der Waals surface area contributed by atoms with Crippen molar-refractivity contribution in [2.75, 3.05) is 18.5 Å². The number of benzene rings is 1. The highest BCUT2D eigenvalue weighted by Gasteiger charge is 2.48. The molecule has 3 heterocycles. The van der Waals surface area contributed by atoms with Crippen molar-refractivity contribution in [2.24, 2.45) is 4.99 Å². The number of aliphatic imine (C=N–C) groups is 1. The van der Waals surface area contributed by atoms with Crippen LogP contribution in [0.4, 0.5) is 5.00 Å². The predicted octanol–water partition coefficient (Wildman–Crippen LogP) is 3.58. The third-order valence-electron chi connectivity index (χ3n) is 4.40. The number of hydrogen-bond donors (Lipinski definition) is 1. The Morgan fingerprint density at radius 3 is 2.57 bits per heavy atom. The summed E-state index contributed by atoms with van der Waals surface area (Å²) in [6.45, 7) is 4.77. The second-order valence-electron chi connectivity index (χ2n) is 5.93. The summed E-state index contributed by atoms with van der Waals surface area (Å²) >= 11 is 7.60. The zero-order valence-electron chi connectivity index (χ0n) is 12.8. The minimum atomic E-state index is -0.811. The van der Waals surface area contributed by atoms with E-state index in [0.717, 1.165) is 27.4 Å². The topological polar surface area (TPSA) is 50.7 Å². The van der Waals surface area contributed by atoms with Gasteiger partial charge < -0.3 is 10.1 Å². The van der Waals surface area contributed by atoms with Gasteiger partial charge >= 0.3 is 0 Å². The van der Waals surface area contributed by atoms with Crippen LogP contribution in [-0.2, 0) is 9.53 Å². The van der Waals surface area contributed by atoms with E-state index >= 15 is 0 Å². The molecule has 0 bridgehead atoms. The maximum atomic E-state index is 12.6. The Morgan fingerprint density at radius 2 is 1.96 bits per heavy atom. The van der Waals surface area contributed by atoms with Crippen LogP contribution in [0.25, 0.3) is 0 Å². The molecule has 1 saturated heterocycles. The first-order chi connectivity index (χ1) is 11.0. The Kier molecular flexibility index (Phi) is 3.34. The van der Waals surface area contributed by atoms with Gasteiger partial charge in [-0.15, -0.1) is 11.3 Å². The summed E-state index contributed by atoms with van der Waals surface area (Å²) in [7, 11) is 0. The van der Waals surface area contributed by atoms with Crippen molar-refractivity contribution in [3.8, 4) is 0 Å². The van der Waals surface area contributed by atoms with E-state index in [-0.39, 0.29) is 5.91 Å². The molecule has 6 heteroatoms. The number of ether oxygens (including phenoxy) is 1. The lowest BCUT2D eigenvalue weighted by Crippen LogP contribution is -2.56. The fourth-order valence-electron chi connectivity index (χ4n) is 2.85. The van der Waals surface area contributed by atoms with E-state index in [1.165, 1.54) is 4.88 Å². The molecule has 0 radical (unpaired) electrons. The van der Waals surface area contributed by atoms with Crippen LogP contribution in [0.2, 0.25) is 5.02 Å². The SMILES string of the molecule is Cc1sc2c(c1C)C(c1ccc(Cl)cc1)=NC1(COC1)C(=O)N2. The van der Waals surface area contributed by atoms with Gasteiger partial charge in [-0.1, -0.05) is 23.7 Å². The first-order valence-corrected chi connectivity index (χ1v) is 8.55. The Labute approximate surface area is 143 Å². The number of fused-ring (bicyclic) bond motifs is 1. The third-order valence-corrected chi connectivity index (χ3v) is 5.77. The van der Waals surface area contributed by atoms with Crippen LogP contribution in [0.1, 0.15) is 21.6 Å². The van der Waals surface area contributed by atoms with Crippen LogP contribution in [0, 0.1) is 13.8 Å². The van der Waals surface area contributed by atoms with Crippen LogP contribution in [0.5, 0.6) is 0 Å². The molecule has 2 aromatic rings. The molecular formula is C17H15ClN2O2S. The van der Waals surface area contributed by atoms with E-state index in [1.807, 2.05) is 24.3 Å². The maximum absolute atomic E-state index is 12.6. The summed E-state index contributed by atoms with van der Waals surface area (Å²) in [5, 5.41) is 4.59. The van der Waals surface area contributed by atoms with E-state index in [4.69, 9.17) is 21.3 Å². The smallest absolute Gasteiger partial charge is 0.257 e. The average molecular weight is 347 g/mol. The average Bonchev–Trinajstić information content (AvgIpc) is 2.67. The first kappa shape index (κ1) is 14.9. The van der Waals surface area contributed by atoms with Crippen molar-refractivity contribution >= 4 is 39.6 Å². The molecule has 4 nitrogen and oxygen atoms in total. The van der Waals surface area contributed by atoms with Crippen molar-refractivity contribution < 1.29 is 9.53 Å². The van der Waals surface area contributed by atoms with Gasteiger partial charge in [0, 0.05) is 21.0 Å². The highest BCUT2D eigenvalue weighted by molar-refractivity contribution is 7.17. The first-order valence-electron chi connectivity index (χ1n) is 7.35. The number of aryl methyl sites for hydroxylation is 1. The number of hydrogen-bond acceptors (Lipinski definition) is 4. The number of rotatable bonds is 1. The lowest BCUT2D eigenvalue weighted by molar-refractivity contribution is -0.137. The highest BCUT2D eigenvalue weighted by Crippen LogP contribution is 2.39. The highest BCUT2D eigenvalue weighted by atomic mass is 35.5. The molecule has 1 spiro atoms. The Balaban J connectivity index is 1.96. The zero-order valence-corrected chi connectivity index (χ0v) is 14.3. The van der Waals surface area contributed by atoms with Crippen molar-refractivity contribution in [1.82, 2.24) is 0 Å². The summed E-state index contributed by atoms with van der Waals surface area (Å²) < 4.78 is 5.29. The van der Waals surface area contributed by atoms with Crippen LogP contribution >= 0.6 is 22.9 Å². The van der Waals surface area contributed by atoms with Gasteiger partial charge in [0.1, 0.15) is 5.00 Å². The minimum Gasteiger partial charge on any atom is -0.375 e. The Bertz CT molecular complexity index is 835. The lowest BCUT2D eigenvalue weighted by Gasteiger charge is -2.35. The monoisotopic (exact) mass is 346 g/mol. The number of nitrogens with one attached hydrogen (secondary N) is 1. The molecule has 2 aliphatic rings. The number of amides is 1. The second kappa shape index (κ2) is 5.16. The molecular weight excluding hydrogens is 332 g/mol. The Morgan fingerprint density at radius 1 is 1.26 bits per heavy atom. The molecule has 1 aromatic carbocycles. The summed E-state index contributed by atoms with van der Waals surface area (Å²) in [4.78, 5) is 18.7. The molecule has 2 aliphatic heterocycles. The number of halogens is 1. The van der Waals surface area contributed by atoms with Gasteiger partial charge in [-0.25, -0.2) is 0 Å². The summed E-state index contributed by atoms with van der Waals surface area (Å²) in [6, 6.07) is 7.58. The van der Waals surface area contributed by atoms with Gasteiger partial charge in [0.05, 0.1) is 18.9 Å². The fourth-order valence-corrected chi connectivity index (χ4v) is 4.03. The number of carbonyl (C=O) groups is 1. The summed E-state index contributed by atoms with van der Waals surface area (Å²) in [5.41, 5.74) is 3.14. The largest absolute Gasteiger partial charge is 0.375 e. The zero-order chi connectivity index (χ0) is 16.2. The van der Waals surface area contributed by atoms with Crippen molar-refractivity contribution in [1.29, 1.82) is 0 Å². The third kappa shape index (κ3) is 2.23. The fraction of sp³-hybridized carbons (Fsp3) is 0.294. The van der Waals surface area contributed by atoms with Crippen LogP contribution in [-0.4, -0.2) is 30.4 Å². The number of anilines is 1. The molecule has 0 atom stereocenters. The molecule has 118 valence electrons. The van der Waals surface area contributed by atoms with Gasteiger partial charge in [-0.3, -0.25) is 9.79 Å². The molecule has 0 saturated carbocycles. The van der Waals surface area contributed by atoms with Crippen molar-refractivity contribution in [3.05, 3.63) is 50.9 Å². The van der Waals surface area contributed by atoms with E-state index in [0.29, 0.717) is 18.2 Å². The van der Waals surface area contributed by atoms with Gasteiger partial charge in [0.2, 0.25) is 0 Å². The van der Waals surface area contributed by atoms with Crippen molar-refractivity contribution in [3.63, 3.8) is 0 Å². The number of nitrogens with zero attached hydrogens (tertiary/aromatic N) is 1. The molecule has 0 aliphatic carbocycles. The molecule has 0 unspecified atom stereocenters. The molecule has 1 amide bonds. The number of thiophene rings is 1. The van der Waals surface area contributed by atoms with Crippen LogP contribution in [0.3, 0.4) is 0 Å². The Hall–Kier alpha value is -1.69.